The first kappa shape index (κ1) is 7.38. The van der Waals surface area contributed by atoms with Crippen molar-refractivity contribution >= 4 is 5.84 Å². The van der Waals surface area contributed by atoms with Gasteiger partial charge in [0.15, 0.2) is 0 Å². The van der Waals surface area contributed by atoms with Crippen molar-refractivity contribution < 1.29 is 4.84 Å². The summed E-state index contributed by atoms with van der Waals surface area (Å²) in [7, 11) is 2.04. The molecule has 0 unspecified atom stereocenters. The molecule has 10 heavy (non-hydrogen) atoms. The van der Waals surface area contributed by atoms with E-state index >= 15 is 0 Å². The molecule has 1 rings (SSSR count). The van der Waals surface area contributed by atoms with E-state index in [4.69, 9.17) is 4.84 Å². The lowest BCUT2D eigenvalue weighted by atomic mass is 10.2. The number of rotatable bonds is 1. The zero-order valence-electron chi connectivity index (χ0n) is 6.79. The fourth-order valence-electron chi connectivity index (χ4n) is 1.02. The lowest BCUT2D eigenvalue weighted by Crippen LogP contribution is -2.36. The third kappa shape index (κ3) is 1.40. The second kappa shape index (κ2) is 2.90. The van der Waals surface area contributed by atoms with Crippen molar-refractivity contribution in [3.8, 4) is 0 Å². The summed E-state index contributed by atoms with van der Waals surface area (Å²) in [4.78, 5) is 7.09. The number of amidine groups is 1. The molecule has 0 amide bonds. The molecule has 0 spiro atoms. The second-order valence-electron chi connectivity index (χ2n) is 2.86. The summed E-state index contributed by atoms with van der Waals surface area (Å²) in [5, 5.41) is 3.95. The molecule has 0 saturated heterocycles. The van der Waals surface area contributed by atoms with E-state index in [0.717, 1.165) is 12.4 Å². The predicted octanol–water partition coefficient (Wildman–Crippen LogP) is 0.918. The highest BCUT2D eigenvalue weighted by molar-refractivity contribution is 5.83. The van der Waals surface area contributed by atoms with Gasteiger partial charge in [0, 0.05) is 13.0 Å². The smallest absolute Gasteiger partial charge is 0.146 e. The molecule has 1 heterocycles. The van der Waals surface area contributed by atoms with Crippen molar-refractivity contribution in [1.82, 2.24) is 4.90 Å². The molecule has 0 aromatic carbocycles. The molecule has 0 saturated carbocycles. The summed E-state index contributed by atoms with van der Waals surface area (Å²) < 4.78 is 0. The minimum absolute atomic E-state index is 0.463. The number of nitrogens with zero attached hydrogens (tertiary/aromatic N) is 2. The van der Waals surface area contributed by atoms with Crippen LogP contribution < -0.4 is 0 Å². The highest BCUT2D eigenvalue weighted by atomic mass is 16.6. The van der Waals surface area contributed by atoms with Crippen LogP contribution in [0.5, 0.6) is 0 Å². The van der Waals surface area contributed by atoms with E-state index in [2.05, 4.69) is 23.9 Å². The quantitative estimate of drug-likeness (QED) is 0.544. The molecule has 0 N–H and O–H groups in total. The lowest BCUT2D eigenvalue weighted by molar-refractivity contribution is 0.105. The maximum atomic E-state index is 4.96. The summed E-state index contributed by atoms with van der Waals surface area (Å²) in [5.41, 5.74) is 0. The monoisotopic (exact) mass is 142 g/mol. The molecule has 1 aliphatic heterocycles. The SMILES string of the molecule is CC(C)C1=NOCCN1C. The number of oxime groups is 1. The van der Waals surface area contributed by atoms with Gasteiger partial charge in [0.2, 0.25) is 0 Å². The number of likely N-dealkylation sites (N-methyl/N-ethyl adjacent to an activating group) is 1. The average molecular weight is 142 g/mol. The van der Waals surface area contributed by atoms with Crippen LogP contribution in [0.4, 0.5) is 0 Å². The highest BCUT2D eigenvalue weighted by Gasteiger charge is 2.14. The van der Waals surface area contributed by atoms with Crippen LogP contribution in [0.25, 0.3) is 0 Å². The Morgan fingerprint density at radius 1 is 1.60 bits per heavy atom. The van der Waals surface area contributed by atoms with Crippen molar-refractivity contribution in [3.05, 3.63) is 0 Å². The van der Waals surface area contributed by atoms with Crippen LogP contribution in [0.3, 0.4) is 0 Å². The van der Waals surface area contributed by atoms with Gasteiger partial charge < -0.3 is 9.74 Å². The molecule has 58 valence electrons. The van der Waals surface area contributed by atoms with Crippen molar-refractivity contribution in [1.29, 1.82) is 0 Å². The van der Waals surface area contributed by atoms with Crippen LogP contribution in [-0.2, 0) is 4.84 Å². The van der Waals surface area contributed by atoms with E-state index in [1.165, 1.54) is 0 Å². The summed E-state index contributed by atoms with van der Waals surface area (Å²) in [6.07, 6.45) is 0. The lowest BCUT2D eigenvalue weighted by Gasteiger charge is -2.26. The summed E-state index contributed by atoms with van der Waals surface area (Å²) in [6.45, 7) is 5.90. The van der Waals surface area contributed by atoms with Gasteiger partial charge in [-0.25, -0.2) is 0 Å². The molecule has 3 heteroatoms. The van der Waals surface area contributed by atoms with Crippen molar-refractivity contribution in [2.24, 2.45) is 11.1 Å². The topological polar surface area (TPSA) is 24.8 Å². The van der Waals surface area contributed by atoms with E-state index in [0.29, 0.717) is 12.5 Å². The van der Waals surface area contributed by atoms with Gasteiger partial charge in [0.05, 0.1) is 6.54 Å². The normalized spacial score (nSPS) is 18.8. The minimum atomic E-state index is 0.463. The molecule has 0 aromatic rings. The van der Waals surface area contributed by atoms with Gasteiger partial charge in [-0.3, -0.25) is 0 Å². The first-order chi connectivity index (χ1) is 4.72. The molecule has 1 aliphatic rings. The minimum Gasteiger partial charge on any atom is -0.392 e. The van der Waals surface area contributed by atoms with Crippen LogP contribution in [-0.4, -0.2) is 30.9 Å². The molecule has 3 nitrogen and oxygen atoms in total. The zero-order valence-corrected chi connectivity index (χ0v) is 6.79. The molecule has 0 radical (unpaired) electrons. The standard InChI is InChI=1S/C7H14N2O/c1-6(2)7-8-10-5-4-9(7)3/h6H,4-5H2,1-3H3. The Kier molecular flexibility index (Phi) is 2.14. The van der Waals surface area contributed by atoms with Crippen molar-refractivity contribution in [2.75, 3.05) is 20.2 Å². The largest absolute Gasteiger partial charge is 0.392 e. The third-order valence-corrected chi connectivity index (χ3v) is 1.58. The second-order valence-corrected chi connectivity index (χ2v) is 2.86. The zero-order chi connectivity index (χ0) is 7.56. The molecular formula is C7H14N2O. The van der Waals surface area contributed by atoms with Crippen LogP contribution >= 0.6 is 0 Å². The molecule has 0 fully saturated rings. The van der Waals surface area contributed by atoms with E-state index in [1.807, 2.05) is 7.05 Å². The Balaban J connectivity index is 2.61. The van der Waals surface area contributed by atoms with E-state index in [-0.39, 0.29) is 0 Å². The fraction of sp³-hybridized carbons (Fsp3) is 0.857. The first-order valence-electron chi connectivity index (χ1n) is 3.63. The molecular weight excluding hydrogens is 128 g/mol. The van der Waals surface area contributed by atoms with Gasteiger partial charge in [-0.2, -0.15) is 0 Å². The number of hydrogen-bond acceptors (Lipinski definition) is 3. The van der Waals surface area contributed by atoms with Crippen LogP contribution in [0, 0.1) is 5.92 Å². The molecule has 0 atom stereocenters. The first-order valence-corrected chi connectivity index (χ1v) is 3.63. The fourth-order valence-corrected chi connectivity index (χ4v) is 1.02. The van der Waals surface area contributed by atoms with Crippen molar-refractivity contribution in [3.63, 3.8) is 0 Å². The Hall–Kier alpha value is -0.730. The van der Waals surface area contributed by atoms with E-state index in [1.54, 1.807) is 0 Å². The van der Waals surface area contributed by atoms with Crippen LogP contribution in [0.15, 0.2) is 5.16 Å². The summed E-state index contributed by atoms with van der Waals surface area (Å²) in [5.74, 6) is 1.51. The number of hydrogen-bond donors (Lipinski definition) is 0. The Morgan fingerprint density at radius 3 is 2.70 bits per heavy atom. The van der Waals surface area contributed by atoms with E-state index < -0.39 is 0 Å². The Bertz CT molecular complexity index is 143. The Labute approximate surface area is 61.6 Å². The van der Waals surface area contributed by atoms with Gasteiger partial charge >= 0.3 is 0 Å². The third-order valence-electron chi connectivity index (χ3n) is 1.58. The van der Waals surface area contributed by atoms with Crippen LogP contribution in [0.1, 0.15) is 13.8 Å². The maximum absolute atomic E-state index is 4.96. The van der Waals surface area contributed by atoms with Gasteiger partial charge in [-0.1, -0.05) is 19.0 Å². The molecule has 0 aliphatic carbocycles. The molecule has 0 aromatic heterocycles. The van der Waals surface area contributed by atoms with Gasteiger partial charge in [-0.05, 0) is 0 Å². The van der Waals surface area contributed by atoms with E-state index in [9.17, 15) is 0 Å². The van der Waals surface area contributed by atoms with Gasteiger partial charge in [0.1, 0.15) is 12.4 Å². The molecule has 0 bridgehead atoms. The predicted molar refractivity (Wildman–Crippen MR) is 40.9 cm³/mol. The van der Waals surface area contributed by atoms with Gasteiger partial charge in [-0.15, -0.1) is 0 Å². The average Bonchev–Trinajstić information content (AvgIpc) is 1.88. The highest BCUT2D eigenvalue weighted by Crippen LogP contribution is 2.05. The summed E-state index contributed by atoms with van der Waals surface area (Å²) >= 11 is 0. The Morgan fingerprint density at radius 2 is 2.30 bits per heavy atom. The van der Waals surface area contributed by atoms with Crippen LogP contribution in [0.2, 0.25) is 0 Å². The van der Waals surface area contributed by atoms with Crippen molar-refractivity contribution in [2.45, 2.75) is 13.8 Å². The van der Waals surface area contributed by atoms with Gasteiger partial charge in [0.25, 0.3) is 0 Å². The summed E-state index contributed by atoms with van der Waals surface area (Å²) in [6, 6.07) is 0. The maximum Gasteiger partial charge on any atom is 0.146 e.